The van der Waals surface area contributed by atoms with Gasteiger partial charge in [-0.05, 0) is 6.42 Å². The van der Waals surface area contributed by atoms with Crippen molar-refractivity contribution >= 4 is 21.9 Å². The number of alkyl halides is 1. The van der Waals surface area contributed by atoms with E-state index in [1.165, 1.54) is 0 Å². The highest BCUT2D eigenvalue weighted by atomic mass is 35.5. The van der Waals surface area contributed by atoms with Gasteiger partial charge in [0.05, 0.1) is 5.50 Å². The van der Waals surface area contributed by atoms with Crippen molar-refractivity contribution in [1.29, 1.82) is 0 Å². The lowest BCUT2D eigenvalue weighted by Crippen LogP contribution is -2.29. The topological polar surface area (TPSA) is 66.4 Å². The molecule has 4 nitrogen and oxygen atoms in total. The molecular formula is C6H14ClNO3S. The molecule has 0 heterocycles. The van der Waals surface area contributed by atoms with Crippen LogP contribution in [0.1, 0.15) is 32.6 Å². The Morgan fingerprint density at radius 1 is 1.50 bits per heavy atom. The van der Waals surface area contributed by atoms with E-state index in [0.29, 0.717) is 6.42 Å². The van der Waals surface area contributed by atoms with E-state index < -0.39 is 15.8 Å². The van der Waals surface area contributed by atoms with Crippen LogP contribution < -0.4 is 4.72 Å². The van der Waals surface area contributed by atoms with Gasteiger partial charge < -0.3 is 0 Å². The smallest absolute Gasteiger partial charge is 0.273 e. The molecule has 1 atom stereocenters. The van der Waals surface area contributed by atoms with Gasteiger partial charge in [-0.3, -0.25) is 4.55 Å². The van der Waals surface area contributed by atoms with Gasteiger partial charge in [-0.1, -0.05) is 26.2 Å². The zero-order valence-electron chi connectivity index (χ0n) is 6.96. The number of hydrogen-bond donors (Lipinski definition) is 2. The Balaban J connectivity index is 3.53. The van der Waals surface area contributed by atoms with Crippen LogP contribution in [0.2, 0.25) is 0 Å². The molecule has 74 valence electrons. The predicted octanol–water partition coefficient (Wildman–Crippen LogP) is 1.52. The summed E-state index contributed by atoms with van der Waals surface area (Å²) in [6, 6.07) is 0. The number of nitrogens with one attached hydrogen (secondary N) is 1. The Morgan fingerprint density at radius 2 is 2.08 bits per heavy atom. The molecule has 0 aromatic heterocycles. The van der Waals surface area contributed by atoms with Crippen LogP contribution in [-0.4, -0.2) is 18.5 Å². The van der Waals surface area contributed by atoms with Crippen LogP contribution in [0.25, 0.3) is 0 Å². The summed E-state index contributed by atoms with van der Waals surface area (Å²) >= 11 is 5.55. The summed E-state index contributed by atoms with van der Waals surface area (Å²) in [4.78, 5) is 0. The van der Waals surface area contributed by atoms with Crippen LogP contribution >= 0.6 is 11.6 Å². The predicted molar refractivity (Wildman–Crippen MR) is 48.5 cm³/mol. The third-order valence-electron chi connectivity index (χ3n) is 1.34. The minimum atomic E-state index is -4.14. The van der Waals surface area contributed by atoms with Crippen LogP contribution in [0.3, 0.4) is 0 Å². The monoisotopic (exact) mass is 215 g/mol. The van der Waals surface area contributed by atoms with E-state index in [-0.39, 0.29) is 0 Å². The van der Waals surface area contributed by atoms with Crippen molar-refractivity contribution in [2.75, 3.05) is 0 Å². The molecule has 0 aliphatic carbocycles. The molecule has 0 bridgehead atoms. The van der Waals surface area contributed by atoms with E-state index in [2.05, 4.69) is 0 Å². The van der Waals surface area contributed by atoms with Gasteiger partial charge in [0.25, 0.3) is 0 Å². The third-order valence-corrected chi connectivity index (χ3v) is 2.38. The third kappa shape index (κ3) is 8.26. The van der Waals surface area contributed by atoms with Gasteiger partial charge >= 0.3 is 10.3 Å². The number of unbranched alkanes of at least 4 members (excludes halogenated alkanes) is 2. The summed E-state index contributed by atoms with van der Waals surface area (Å²) in [6.07, 6.45) is 3.45. The van der Waals surface area contributed by atoms with Crippen molar-refractivity contribution in [2.45, 2.75) is 38.1 Å². The van der Waals surface area contributed by atoms with Crippen LogP contribution in [-0.2, 0) is 10.3 Å². The molecule has 12 heavy (non-hydrogen) atoms. The van der Waals surface area contributed by atoms with Crippen LogP contribution in [0.15, 0.2) is 0 Å². The molecule has 0 saturated heterocycles. The van der Waals surface area contributed by atoms with Gasteiger partial charge in [-0.2, -0.15) is 13.1 Å². The first-order valence-corrected chi connectivity index (χ1v) is 5.72. The van der Waals surface area contributed by atoms with Crippen LogP contribution in [0.4, 0.5) is 0 Å². The van der Waals surface area contributed by atoms with E-state index >= 15 is 0 Å². The van der Waals surface area contributed by atoms with E-state index in [1.54, 1.807) is 0 Å². The Labute approximate surface area is 78.2 Å². The molecule has 0 saturated carbocycles. The van der Waals surface area contributed by atoms with Gasteiger partial charge in [0, 0.05) is 0 Å². The summed E-state index contributed by atoms with van der Waals surface area (Å²) in [7, 11) is -4.14. The van der Waals surface area contributed by atoms with Crippen molar-refractivity contribution in [3.05, 3.63) is 0 Å². The zero-order chi connectivity index (χ0) is 9.61. The second-order valence-electron chi connectivity index (χ2n) is 2.56. The Hall–Kier alpha value is 0.160. The molecule has 0 fully saturated rings. The highest BCUT2D eigenvalue weighted by Crippen LogP contribution is 2.06. The van der Waals surface area contributed by atoms with Gasteiger partial charge in [0.15, 0.2) is 0 Å². The Morgan fingerprint density at radius 3 is 2.50 bits per heavy atom. The lowest BCUT2D eigenvalue weighted by Gasteiger charge is -2.07. The molecule has 2 N–H and O–H groups in total. The van der Waals surface area contributed by atoms with Gasteiger partial charge in [-0.15, -0.1) is 11.6 Å². The maximum absolute atomic E-state index is 10.2. The largest absolute Gasteiger partial charge is 0.334 e. The van der Waals surface area contributed by atoms with Gasteiger partial charge in [-0.25, -0.2) is 0 Å². The standard InChI is InChI=1S/C6H14ClNO3S/c1-2-3-4-5-6(7)8-12(9,10)11/h6,8H,2-5H2,1H3,(H,9,10,11). The average Bonchev–Trinajstić information content (AvgIpc) is 1.84. The fourth-order valence-electron chi connectivity index (χ4n) is 0.794. The van der Waals surface area contributed by atoms with Crippen molar-refractivity contribution < 1.29 is 13.0 Å². The number of rotatable bonds is 6. The van der Waals surface area contributed by atoms with E-state index in [1.807, 2.05) is 11.6 Å². The molecule has 1 unspecified atom stereocenters. The van der Waals surface area contributed by atoms with Crippen molar-refractivity contribution in [3.8, 4) is 0 Å². The minimum Gasteiger partial charge on any atom is -0.273 e. The highest BCUT2D eigenvalue weighted by molar-refractivity contribution is 7.83. The summed E-state index contributed by atoms with van der Waals surface area (Å²) in [6.45, 7) is 2.04. The summed E-state index contributed by atoms with van der Waals surface area (Å²) in [5.41, 5.74) is -0.702. The molecule has 0 aliphatic rings. The number of hydrogen-bond acceptors (Lipinski definition) is 2. The van der Waals surface area contributed by atoms with Crippen molar-refractivity contribution in [3.63, 3.8) is 0 Å². The summed E-state index contributed by atoms with van der Waals surface area (Å²) in [5.74, 6) is 0. The first kappa shape index (κ1) is 12.2. The molecule has 0 aromatic rings. The molecule has 0 aromatic carbocycles. The SMILES string of the molecule is CCCCCC(Cl)NS(=O)(=O)O. The van der Waals surface area contributed by atoms with E-state index in [4.69, 9.17) is 16.2 Å². The Bertz CT molecular complexity index is 205. The average molecular weight is 216 g/mol. The number of halogens is 1. The molecule has 0 radical (unpaired) electrons. The second kappa shape index (κ2) is 5.75. The van der Waals surface area contributed by atoms with E-state index in [0.717, 1.165) is 19.3 Å². The first-order chi connectivity index (χ1) is 5.45. The van der Waals surface area contributed by atoms with E-state index in [9.17, 15) is 8.42 Å². The zero-order valence-corrected chi connectivity index (χ0v) is 8.53. The van der Waals surface area contributed by atoms with Crippen molar-refractivity contribution in [2.24, 2.45) is 0 Å². The lowest BCUT2D eigenvalue weighted by atomic mass is 10.2. The fourth-order valence-corrected chi connectivity index (χ4v) is 1.73. The second-order valence-corrected chi connectivity index (χ2v) is 4.27. The molecule has 6 heteroatoms. The quantitative estimate of drug-likeness (QED) is 0.306. The first-order valence-electron chi connectivity index (χ1n) is 3.84. The van der Waals surface area contributed by atoms with Gasteiger partial charge in [0.1, 0.15) is 0 Å². The maximum atomic E-state index is 10.2. The minimum absolute atomic E-state index is 0.537. The Kier molecular flexibility index (Phi) is 5.82. The van der Waals surface area contributed by atoms with Crippen LogP contribution in [0, 0.1) is 0 Å². The van der Waals surface area contributed by atoms with Crippen LogP contribution in [0.5, 0.6) is 0 Å². The summed E-state index contributed by atoms with van der Waals surface area (Å²) < 4.78 is 30.7. The molecule has 0 amide bonds. The van der Waals surface area contributed by atoms with Crippen molar-refractivity contribution in [1.82, 2.24) is 4.72 Å². The fraction of sp³-hybridized carbons (Fsp3) is 1.00. The normalized spacial score (nSPS) is 14.6. The molecule has 0 spiro atoms. The maximum Gasteiger partial charge on any atom is 0.334 e. The highest BCUT2D eigenvalue weighted by Gasteiger charge is 2.10. The molecule has 0 rings (SSSR count). The molecular weight excluding hydrogens is 202 g/mol. The molecule has 0 aliphatic heterocycles. The lowest BCUT2D eigenvalue weighted by molar-refractivity contribution is 0.460. The summed E-state index contributed by atoms with van der Waals surface area (Å²) in [5, 5.41) is 0. The van der Waals surface area contributed by atoms with Gasteiger partial charge in [0.2, 0.25) is 0 Å².